The molecule has 2 aromatic heterocycles. The molecular formula is C23H25N5O2. The van der Waals surface area contributed by atoms with Crippen molar-refractivity contribution in [1.29, 1.82) is 0 Å². The number of carbonyl (C=O) groups excluding carboxylic acids is 1. The first-order valence-electron chi connectivity index (χ1n) is 9.94. The van der Waals surface area contributed by atoms with Gasteiger partial charge in [-0.05, 0) is 24.1 Å². The number of rotatable bonds is 6. The molecule has 1 amide bonds. The van der Waals surface area contributed by atoms with Gasteiger partial charge in [-0.25, -0.2) is 9.97 Å². The van der Waals surface area contributed by atoms with E-state index in [4.69, 9.17) is 20.4 Å². The van der Waals surface area contributed by atoms with Crippen molar-refractivity contribution < 1.29 is 9.53 Å². The van der Waals surface area contributed by atoms with Crippen molar-refractivity contribution in [3.05, 3.63) is 59.7 Å². The maximum atomic E-state index is 13.2. The van der Waals surface area contributed by atoms with Crippen LogP contribution in [-0.4, -0.2) is 27.6 Å². The largest absolute Gasteiger partial charge is 0.496 e. The summed E-state index contributed by atoms with van der Waals surface area (Å²) in [7, 11) is 1.61. The van der Waals surface area contributed by atoms with Crippen molar-refractivity contribution in [3.8, 4) is 5.75 Å². The molecule has 7 heteroatoms. The van der Waals surface area contributed by atoms with Crippen LogP contribution in [0.25, 0.3) is 22.2 Å². The minimum Gasteiger partial charge on any atom is -0.496 e. The summed E-state index contributed by atoms with van der Waals surface area (Å²) in [6.07, 6.45) is 0. The fraction of sp³-hybridized carbons (Fsp3) is 0.261. The zero-order valence-corrected chi connectivity index (χ0v) is 17.3. The summed E-state index contributed by atoms with van der Waals surface area (Å²) in [6, 6.07) is 15.2. The van der Waals surface area contributed by atoms with Gasteiger partial charge in [-0.3, -0.25) is 4.79 Å². The fourth-order valence-electron chi connectivity index (χ4n) is 3.60. The maximum Gasteiger partial charge on any atom is 0.257 e. The summed E-state index contributed by atoms with van der Waals surface area (Å²) < 4.78 is 7.26. The van der Waals surface area contributed by atoms with Gasteiger partial charge in [0, 0.05) is 18.7 Å². The number of ether oxygens (including phenoxy) is 1. The number of nitrogens with one attached hydrogen (secondary N) is 1. The van der Waals surface area contributed by atoms with Gasteiger partial charge in [-0.2, -0.15) is 0 Å². The Hall–Kier alpha value is -3.61. The average Bonchev–Trinajstić information content (AvgIpc) is 3.00. The van der Waals surface area contributed by atoms with Gasteiger partial charge in [-0.1, -0.05) is 44.2 Å². The molecule has 0 bridgehead atoms. The molecule has 0 fully saturated rings. The first-order chi connectivity index (χ1) is 14.5. The minimum absolute atomic E-state index is 0.282. The number of anilines is 1. The highest BCUT2D eigenvalue weighted by molar-refractivity contribution is 6.10. The minimum atomic E-state index is -0.282. The van der Waals surface area contributed by atoms with E-state index in [0.29, 0.717) is 41.6 Å². The molecule has 0 aliphatic carbocycles. The molecule has 0 atom stereocenters. The molecule has 30 heavy (non-hydrogen) atoms. The topological polar surface area (TPSA) is 95.1 Å². The van der Waals surface area contributed by atoms with E-state index in [1.54, 1.807) is 7.11 Å². The first kappa shape index (κ1) is 19.7. The molecule has 0 radical (unpaired) electrons. The lowest BCUT2D eigenvalue weighted by atomic mass is 10.2. The lowest BCUT2D eigenvalue weighted by Gasteiger charge is -2.11. The van der Waals surface area contributed by atoms with E-state index in [2.05, 4.69) is 19.2 Å². The van der Waals surface area contributed by atoms with Crippen LogP contribution in [0.1, 0.15) is 29.8 Å². The summed E-state index contributed by atoms with van der Waals surface area (Å²) in [5.41, 5.74) is 10.3. The quantitative estimate of drug-likeness (QED) is 0.511. The van der Waals surface area contributed by atoms with Crippen molar-refractivity contribution in [2.24, 2.45) is 5.92 Å². The number of hydrogen-bond donors (Lipinski definition) is 2. The van der Waals surface area contributed by atoms with E-state index < -0.39 is 0 Å². The molecule has 2 aromatic carbocycles. The molecule has 4 aromatic rings. The SMILES string of the molecule is COc1ccccc1CNC(=O)c1c(N)n(CC(C)C)c2nc3ccccc3nc12. The molecule has 0 saturated heterocycles. The number of methoxy groups -OCH3 is 1. The summed E-state index contributed by atoms with van der Waals surface area (Å²) in [5, 5.41) is 2.96. The third-order valence-electron chi connectivity index (χ3n) is 5.00. The number of nitrogens with two attached hydrogens (primary N) is 1. The lowest BCUT2D eigenvalue weighted by Crippen LogP contribution is -2.24. The zero-order chi connectivity index (χ0) is 21.3. The Balaban J connectivity index is 1.77. The Morgan fingerprint density at radius 3 is 2.47 bits per heavy atom. The number of nitrogen functional groups attached to an aromatic ring is 1. The third-order valence-corrected chi connectivity index (χ3v) is 5.00. The Morgan fingerprint density at radius 2 is 1.77 bits per heavy atom. The van der Waals surface area contributed by atoms with Crippen molar-refractivity contribution in [2.45, 2.75) is 26.9 Å². The molecule has 4 rings (SSSR count). The van der Waals surface area contributed by atoms with E-state index in [9.17, 15) is 4.79 Å². The van der Waals surface area contributed by atoms with Crippen LogP contribution in [-0.2, 0) is 13.1 Å². The van der Waals surface area contributed by atoms with Gasteiger partial charge in [0.2, 0.25) is 0 Å². The number of nitrogens with zero attached hydrogens (tertiary/aromatic N) is 3. The summed E-state index contributed by atoms with van der Waals surface area (Å²) in [5.74, 6) is 1.15. The van der Waals surface area contributed by atoms with Gasteiger partial charge in [0.25, 0.3) is 5.91 Å². The lowest BCUT2D eigenvalue weighted by molar-refractivity contribution is 0.0953. The Labute approximate surface area is 174 Å². The highest BCUT2D eigenvalue weighted by Crippen LogP contribution is 2.29. The van der Waals surface area contributed by atoms with E-state index in [-0.39, 0.29) is 5.91 Å². The van der Waals surface area contributed by atoms with E-state index in [1.807, 2.05) is 53.1 Å². The predicted molar refractivity (Wildman–Crippen MR) is 118 cm³/mol. The zero-order valence-electron chi connectivity index (χ0n) is 17.3. The van der Waals surface area contributed by atoms with E-state index >= 15 is 0 Å². The number of hydrogen-bond acceptors (Lipinski definition) is 5. The van der Waals surface area contributed by atoms with E-state index in [1.165, 1.54) is 0 Å². The van der Waals surface area contributed by atoms with Gasteiger partial charge in [0.05, 0.1) is 18.1 Å². The van der Waals surface area contributed by atoms with Crippen molar-refractivity contribution in [3.63, 3.8) is 0 Å². The molecule has 2 heterocycles. The van der Waals surface area contributed by atoms with Crippen LogP contribution in [0.3, 0.4) is 0 Å². The van der Waals surface area contributed by atoms with Gasteiger partial charge in [0.15, 0.2) is 5.65 Å². The molecule has 0 unspecified atom stereocenters. The molecule has 3 N–H and O–H groups in total. The monoisotopic (exact) mass is 403 g/mol. The molecule has 0 spiro atoms. The Bertz CT molecular complexity index is 1230. The number of carbonyl (C=O) groups is 1. The summed E-state index contributed by atoms with van der Waals surface area (Å²) in [6.45, 7) is 5.16. The van der Waals surface area contributed by atoms with Crippen molar-refractivity contribution >= 4 is 33.9 Å². The number of amides is 1. The highest BCUT2D eigenvalue weighted by atomic mass is 16.5. The third kappa shape index (κ3) is 3.54. The fourth-order valence-corrected chi connectivity index (χ4v) is 3.60. The van der Waals surface area contributed by atoms with Crippen molar-refractivity contribution in [1.82, 2.24) is 19.9 Å². The standard InChI is InChI=1S/C23H25N5O2/c1-14(2)13-28-21(24)19(20-22(28)27-17-10-6-5-9-16(17)26-20)23(29)25-12-15-8-4-7-11-18(15)30-3/h4-11,14H,12-13,24H2,1-3H3,(H,25,29). The van der Waals surface area contributed by atoms with Crippen LogP contribution in [0.5, 0.6) is 5.75 Å². The van der Waals surface area contributed by atoms with Gasteiger partial charge < -0.3 is 20.4 Å². The highest BCUT2D eigenvalue weighted by Gasteiger charge is 2.24. The van der Waals surface area contributed by atoms with Crippen LogP contribution < -0.4 is 15.8 Å². The van der Waals surface area contributed by atoms with Gasteiger partial charge in [0.1, 0.15) is 22.6 Å². The molecule has 154 valence electrons. The first-order valence-corrected chi connectivity index (χ1v) is 9.94. The average molecular weight is 403 g/mol. The molecule has 0 saturated carbocycles. The summed E-state index contributed by atoms with van der Waals surface area (Å²) in [4.78, 5) is 22.7. The van der Waals surface area contributed by atoms with Crippen LogP contribution in [0.15, 0.2) is 48.5 Å². The molecule has 0 aliphatic heterocycles. The molecule has 7 nitrogen and oxygen atoms in total. The Morgan fingerprint density at radius 1 is 1.10 bits per heavy atom. The number of para-hydroxylation sites is 3. The predicted octanol–water partition coefficient (Wildman–Crippen LogP) is 3.76. The van der Waals surface area contributed by atoms with Gasteiger partial charge >= 0.3 is 0 Å². The van der Waals surface area contributed by atoms with Crippen molar-refractivity contribution in [2.75, 3.05) is 12.8 Å². The van der Waals surface area contributed by atoms with E-state index in [0.717, 1.165) is 22.3 Å². The molecular weight excluding hydrogens is 378 g/mol. The van der Waals surface area contributed by atoms with Crippen LogP contribution in [0.2, 0.25) is 0 Å². The number of aromatic nitrogens is 3. The second kappa shape index (κ2) is 8.02. The second-order valence-corrected chi connectivity index (χ2v) is 7.64. The maximum absolute atomic E-state index is 13.2. The molecule has 0 aliphatic rings. The normalized spacial score (nSPS) is 11.3. The Kier molecular flexibility index (Phi) is 5.27. The van der Waals surface area contributed by atoms with Crippen LogP contribution in [0, 0.1) is 5.92 Å². The van der Waals surface area contributed by atoms with Crippen LogP contribution in [0.4, 0.5) is 5.82 Å². The van der Waals surface area contributed by atoms with Crippen LogP contribution >= 0.6 is 0 Å². The smallest absolute Gasteiger partial charge is 0.257 e. The van der Waals surface area contributed by atoms with Gasteiger partial charge in [-0.15, -0.1) is 0 Å². The second-order valence-electron chi connectivity index (χ2n) is 7.64. The number of benzene rings is 2. The summed E-state index contributed by atoms with van der Waals surface area (Å²) >= 11 is 0. The number of fused-ring (bicyclic) bond motifs is 2.